The average molecular weight is 205 g/mol. The Bertz CT molecular complexity index is 320. The van der Waals surface area contributed by atoms with Gasteiger partial charge in [-0.15, -0.1) is 0 Å². The predicted octanol–water partition coefficient (Wildman–Crippen LogP) is 2.15. The summed E-state index contributed by atoms with van der Waals surface area (Å²) >= 11 is 0. The Labute approximate surface area is 91.3 Å². The van der Waals surface area contributed by atoms with Gasteiger partial charge in [-0.2, -0.15) is 0 Å². The molecule has 1 aliphatic rings. The summed E-state index contributed by atoms with van der Waals surface area (Å²) in [7, 11) is 0. The van der Waals surface area contributed by atoms with E-state index < -0.39 is 0 Å². The van der Waals surface area contributed by atoms with Crippen LogP contribution < -0.4 is 10.6 Å². The number of pyridine rings is 1. The highest BCUT2D eigenvalue weighted by molar-refractivity contribution is 5.48. The van der Waals surface area contributed by atoms with E-state index >= 15 is 0 Å². The molecule has 0 spiro atoms. The van der Waals surface area contributed by atoms with Crippen LogP contribution in [0.15, 0.2) is 18.3 Å². The van der Waals surface area contributed by atoms with Crippen LogP contribution in [0.25, 0.3) is 0 Å². The summed E-state index contributed by atoms with van der Waals surface area (Å²) in [5.41, 5.74) is 6.77. The topological polar surface area (TPSA) is 42.1 Å². The molecule has 2 N–H and O–H groups in total. The normalized spacial score (nSPS) is 26.7. The maximum atomic E-state index is 5.58. The van der Waals surface area contributed by atoms with Crippen LogP contribution in [0.5, 0.6) is 0 Å². The van der Waals surface area contributed by atoms with E-state index in [1.165, 1.54) is 12.1 Å². The number of hydrogen-bond donors (Lipinski definition) is 1. The Kier molecular flexibility index (Phi) is 2.80. The number of piperidine rings is 1. The SMILES string of the molecule is CC1CCN(c2ccc(N)nc2)CC1C. The number of nitrogen functional groups attached to an aromatic ring is 1. The number of nitrogens with zero attached hydrogens (tertiary/aromatic N) is 2. The maximum absolute atomic E-state index is 5.58. The molecule has 15 heavy (non-hydrogen) atoms. The van der Waals surface area contributed by atoms with E-state index in [-0.39, 0.29) is 0 Å². The van der Waals surface area contributed by atoms with E-state index in [2.05, 4.69) is 29.8 Å². The molecule has 0 saturated carbocycles. The van der Waals surface area contributed by atoms with Crippen LogP contribution in [0.4, 0.5) is 11.5 Å². The summed E-state index contributed by atoms with van der Waals surface area (Å²) in [5, 5.41) is 0. The van der Waals surface area contributed by atoms with Crippen molar-refractivity contribution in [1.82, 2.24) is 4.98 Å². The van der Waals surface area contributed by atoms with Crippen LogP contribution in [0.1, 0.15) is 20.3 Å². The van der Waals surface area contributed by atoms with Crippen LogP contribution in [-0.2, 0) is 0 Å². The Morgan fingerprint density at radius 2 is 2.13 bits per heavy atom. The standard InChI is InChI=1S/C12H19N3/c1-9-5-6-15(8-10(9)2)11-3-4-12(13)14-7-11/h3-4,7,9-10H,5-6,8H2,1-2H3,(H2,13,14). The molecule has 1 aromatic rings. The smallest absolute Gasteiger partial charge is 0.123 e. The Hall–Kier alpha value is -1.25. The van der Waals surface area contributed by atoms with Crippen LogP contribution in [0.3, 0.4) is 0 Å². The second-order valence-corrected chi connectivity index (χ2v) is 4.63. The van der Waals surface area contributed by atoms with Gasteiger partial charge in [-0.05, 0) is 30.4 Å². The first-order valence-corrected chi connectivity index (χ1v) is 5.63. The van der Waals surface area contributed by atoms with Gasteiger partial charge in [0.05, 0.1) is 11.9 Å². The summed E-state index contributed by atoms with van der Waals surface area (Å²) in [6.45, 7) is 6.93. The highest BCUT2D eigenvalue weighted by Crippen LogP contribution is 2.26. The number of nitrogens with two attached hydrogens (primary N) is 1. The summed E-state index contributed by atoms with van der Waals surface area (Å²) in [5.74, 6) is 2.19. The molecule has 1 fully saturated rings. The van der Waals surface area contributed by atoms with Crippen molar-refractivity contribution in [2.75, 3.05) is 23.7 Å². The zero-order valence-corrected chi connectivity index (χ0v) is 9.48. The van der Waals surface area contributed by atoms with E-state index in [0.29, 0.717) is 5.82 Å². The van der Waals surface area contributed by atoms with Crippen molar-refractivity contribution in [2.24, 2.45) is 11.8 Å². The molecule has 1 aliphatic heterocycles. The number of aromatic nitrogens is 1. The number of rotatable bonds is 1. The Morgan fingerprint density at radius 1 is 1.33 bits per heavy atom. The van der Waals surface area contributed by atoms with Crippen molar-refractivity contribution in [3.8, 4) is 0 Å². The van der Waals surface area contributed by atoms with Gasteiger partial charge in [0, 0.05) is 13.1 Å². The largest absolute Gasteiger partial charge is 0.384 e. The van der Waals surface area contributed by atoms with E-state index in [4.69, 9.17) is 5.73 Å². The van der Waals surface area contributed by atoms with Gasteiger partial charge in [-0.1, -0.05) is 13.8 Å². The monoisotopic (exact) mass is 205 g/mol. The van der Waals surface area contributed by atoms with Gasteiger partial charge in [0.25, 0.3) is 0 Å². The Balaban J connectivity index is 2.08. The number of hydrogen-bond acceptors (Lipinski definition) is 3. The van der Waals surface area contributed by atoms with Gasteiger partial charge in [0.2, 0.25) is 0 Å². The lowest BCUT2D eigenvalue weighted by Gasteiger charge is -2.36. The van der Waals surface area contributed by atoms with Crippen molar-refractivity contribution in [3.05, 3.63) is 18.3 Å². The van der Waals surface area contributed by atoms with Gasteiger partial charge in [-0.25, -0.2) is 4.98 Å². The second-order valence-electron chi connectivity index (χ2n) is 4.63. The maximum Gasteiger partial charge on any atom is 0.123 e. The molecule has 82 valence electrons. The zero-order valence-electron chi connectivity index (χ0n) is 9.48. The molecule has 1 saturated heterocycles. The van der Waals surface area contributed by atoms with Gasteiger partial charge in [0.1, 0.15) is 5.82 Å². The van der Waals surface area contributed by atoms with Crippen LogP contribution >= 0.6 is 0 Å². The third-order valence-corrected chi connectivity index (χ3v) is 3.47. The minimum atomic E-state index is 0.595. The fraction of sp³-hybridized carbons (Fsp3) is 0.583. The van der Waals surface area contributed by atoms with Crippen molar-refractivity contribution in [3.63, 3.8) is 0 Å². The van der Waals surface area contributed by atoms with E-state index in [1.807, 2.05) is 12.3 Å². The first-order valence-electron chi connectivity index (χ1n) is 5.63. The summed E-state index contributed by atoms with van der Waals surface area (Å²) in [6, 6.07) is 3.93. The first-order chi connectivity index (χ1) is 7.16. The molecule has 0 amide bonds. The molecule has 2 heterocycles. The van der Waals surface area contributed by atoms with E-state index in [1.54, 1.807) is 0 Å². The van der Waals surface area contributed by atoms with Crippen molar-refractivity contribution in [1.29, 1.82) is 0 Å². The molecular weight excluding hydrogens is 186 g/mol. The van der Waals surface area contributed by atoms with Crippen molar-refractivity contribution in [2.45, 2.75) is 20.3 Å². The zero-order chi connectivity index (χ0) is 10.8. The highest BCUT2D eigenvalue weighted by Gasteiger charge is 2.22. The fourth-order valence-electron chi connectivity index (χ4n) is 2.08. The van der Waals surface area contributed by atoms with Crippen LogP contribution in [-0.4, -0.2) is 18.1 Å². The molecule has 0 radical (unpaired) electrons. The molecule has 2 rings (SSSR count). The van der Waals surface area contributed by atoms with Crippen molar-refractivity contribution >= 4 is 11.5 Å². The second kappa shape index (κ2) is 4.09. The molecule has 0 bridgehead atoms. The third kappa shape index (κ3) is 2.22. The molecule has 1 aromatic heterocycles. The third-order valence-electron chi connectivity index (χ3n) is 3.47. The van der Waals surface area contributed by atoms with Gasteiger partial charge < -0.3 is 10.6 Å². The lowest BCUT2D eigenvalue weighted by Crippen LogP contribution is -2.38. The summed E-state index contributed by atoms with van der Waals surface area (Å²) in [4.78, 5) is 6.53. The Morgan fingerprint density at radius 3 is 2.73 bits per heavy atom. The first kappa shape index (κ1) is 10.3. The van der Waals surface area contributed by atoms with Gasteiger partial charge in [0.15, 0.2) is 0 Å². The summed E-state index contributed by atoms with van der Waals surface area (Å²) < 4.78 is 0. The molecule has 3 nitrogen and oxygen atoms in total. The molecule has 2 unspecified atom stereocenters. The molecule has 3 heteroatoms. The minimum Gasteiger partial charge on any atom is -0.384 e. The quantitative estimate of drug-likeness (QED) is 0.763. The summed E-state index contributed by atoms with van der Waals surface area (Å²) in [6.07, 6.45) is 3.14. The number of anilines is 2. The van der Waals surface area contributed by atoms with Crippen LogP contribution in [0, 0.1) is 11.8 Å². The van der Waals surface area contributed by atoms with Crippen LogP contribution in [0.2, 0.25) is 0 Å². The molecule has 2 atom stereocenters. The van der Waals surface area contributed by atoms with Gasteiger partial charge >= 0.3 is 0 Å². The lowest BCUT2D eigenvalue weighted by molar-refractivity contribution is 0.324. The lowest BCUT2D eigenvalue weighted by atomic mass is 9.88. The van der Waals surface area contributed by atoms with E-state index in [0.717, 1.165) is 24.9 Å². The fourth-order valence-corrected chi connectivity index (χ4v) is 2.08. The minimum absolute atomic E-state index is 0.595. The van der Waals surface area contributed by atoms with Crippen molar-refractivity contribution < 1.29 is 0 Å². The highest BCUT2D eigenvalue weighted by atomic mass is 15.1. The predicted molar refractivity (Wildman–Crippen MR) is 63.8 cm³/mol. The van der Waals surface area contributed by atoms with Gasteiger partial charge in [-0.3, -0.25) is 0 Å². The molecule has 0 aromatic carbocycles. The average Bonchev–Trinajstić information content (AvgIpc) is 2.23. The molecule has 0 aliphatic carbocycles. The molecular formula is C12H19N3. The van der Waals surface area contributed by atoms with E-state index in [9.17, 15) is 0 Å².